The van der Waals surface area contributed by atoms with Crippen LogP contribution in [0.3, 0.4) is 0 Å². The molecule has 0 bridgehead atoms. The maximum absolute atomic E-state index is 9.11. The lowest BCUT2D eigenvalue weighted by atomic mass is 10.1. The zero-order valence-corrected chi connectivity index (χ0v) is 12.1. The standard InChI is InChI=1S/C15H22N4O/c1-11-14(18(2)9-10-20)5-8-19(11)15-12-3-6-16-13(12)4-7-17-15/h3-4,6-7,11,14,16,20H,5,8-10H2,1-2H3/t11-,14-/m1/s1. The summed E-state index contributed by atoms with van der Waals surface area (Å²) in [5.41, 5.74) is 1.13. The number of aliphatic hydroxyl groups excluding tert-OH is 1. The van der Waals surface area contributed by atoms with E-state index in [9.17, 15) is 0 Å². The van der Waals surface area contributed by atoms with Gasteiger partial charge in [0.05, 0.1) is 12.1 Å². The number of anilines is 1. The fraction of sp³-hybridized carbons (Fsp3) is 0.533. The van der Waals surface area contributed by atoms with E-state index in [0.717, 1.165) is 30.8 Å². The summed E-state index contributed by atoms with van der Waals surface area (Å²) in [7, 11) is 2.09. The summed E-state index contributed by atoms with van der Waals surface area (Å²) in [6, 6.07) is 4.97. The highest BCUT2D eigenvalue weighted by atomic mass is 16.3. The molecule has 5 heteroatoms. The van der Waals surface area contributed by atoms with Gasteiger partial charge >= 0.3 is 0 Å². The molecule has 2 aromatic rings. The minimum absolute atomic E-state index is 0.214. The number of pyridine rings is 1. The molecule has 0 radical (unpaired) electrons. The molecule has 1 saturated heterocycles. The van der Waals surface area contributed by atoms with Crippen LogP contribution in [-0.4, -0.2) is 58.8 Å². The Morgan fingerprint density at radius 1 is 1.50 bits per heavy atom. The predicted molar refractivity (Wildman–Crippen MR) is 81.0 cm³/mol. The molecule has 0 saturated carbocycles. The lowest BCUT2D eigenvalue weighted by molar-refractivity contribution is 0.175. The quantitative estimate of drug-likeness (QED) is 0.886. The number of fused-ring (bicyclic) bond motifs is 1. The minimum Gasteiger partial charge on any atom is -0.395 e. The van der Waals surface area contributed by atoms with Crippen molar-refractivity contribution >= 4 is 16.7 Å². The van der Waals surface area contributed by atoms with E-state index < -0.39 is 0 Å². The maximum Gasteiger partial charge on any atom is 0.138 e. The Morgan fingerprint density at radius 2 is 2.35 bits per heavy atom. The highest BCUT2D eigenvalue weighted by Gasteiger charge is 2.34. The van der Waals surface area contributed by atoms with Gasteiger partial charge in [-0.05, 0) is 32.5 Å². The van der Waals surface area contributed by atoms with E-state index >= 15 is 0 Å². The highest BCUT2D eigenvalue weighted by molar-refractivity contribution is 5.90. The van der Waals surface area contributed by atoms with Crippen molar-refractivity contribution in [3.8, 4) is 0 Å². The van der Waals surface area contributed by atoms with Crippen molar-refractivity contribution in [2.24, 2.45) is 0 Å². The molecule has 5 nitrogen and oxygen atoms in total. The van der Waals surface area contributed by atoms with Crippen molar-refractivity contribution < 1.29 is 5.11 Å². The summed E-state index contributed by atoms with van der Waals surface area (Å²) in [6.07, 6.45) is 4.94. The zero-order chi connectivity index (χ0) is 14.1. The Hall–Kier alpha value is -1.59. The molecule has 3 heterocycles. The van der Waals surface area contributed by atoms with Crippen molar-refractivity contribution in [3.63, 3.8) is 0 Å². The van der Waals surface area contributed by atoms with E-state index in [0.29, 0.717) is 12.1 Å². The molecular formula is C15H22N4O. The Labute approximate surface area is 119 Å². The fourth-order valence-corrected chi connectivity index (χ4v) is 3.33. The average molecular weight is 274 g/mol. The third-order valence-electron chi connectivity index (χ3n) is 4.46. The van der Waals surface area contributed by atoms with Gasteiger partial charge in [-0.3, -0.25) is 4.90 Å². The van der Waals surface area contributed by atoms with Crippen LogP contribution < -0.4 is 4.90 Å². The molecular weight excluding hydrogens is 252 g/mol. The van der Waals surface area contributed by atoms with Gasteiger partial charge in [-0.15, -0.1) is 0 Å². The summed E-state index contributed by atoms with van der Waals surface area (Å²) in [5, 5.41) is 10.3. The SMILES string of the molecule is C[C@@H]1[C@H](N(C)CCO)CCN1c1nccc2[nH]ccc12. The number of hydrogen-bond donors (Lipinski definition) is 2. The maximum atomic E-state index is 9.11. The van der Waals surface area contributed by atoms with Crippen LogP contribution in [0.1, 0.15) is 13.3 Å². The van der Waals surface area contributed by atoms with E-state index in [1.54, 1.807) is 0 Å². The normalized spacial score (nSPS) is 23.1. The third kappa shape index (κ3) is 2.17. The van der Waals surface area contributed by atoms with Crippen LogP contribution in [0.15, 0.2) is 24.5 Å². The molecule has 0 aromatic carbocycles. The van der Waals surface area contributed by atoms with E-state index in [4.69, 9.17) is 5.11 Å². The first kappa shape index (κ1) is 13.4. The Bertz CT molecular complexity index is 582. The Kier molecular flexibility index (Phi) is 3.63. The number of aliphatic hydroxyl groups is 1. The number of hydrogen-bond acceptors (Lipinski definition) is 4. The molecule has 108 valence electrons. The second-order valence-corrected chi connectivity index (χ2v) is 5.57. The van der Waals surface area contributed by atoms with E-state index in [1.807, 2.05) is 18.5 Å². The van der Waals surface area contributed by atoms with Crippen molar-refractivity contribution in [1.82, 2.24) is 14.9 Å². The van der Waals surface area contributed by atoms with Gasteiger partial charge in [0.2, 0.25) is 0 Å². The van der Waals surface area contributed by atoms with Crippen molar-refractivity contribution in [3.05, 3.63) is 24.5 Å². The first-order valence-corrected chi connectivity index (χ1v) is 7.22. The predicted octanol–water partition coefficient (Wildman–Crippen LogP) is 1.45. The molecule has 1 fully saturated rings. The summed E-state index contributed by atoms with van der Waals surface area (Å²) in [6.45, 7) is 4.20. The molecule has 0 spiro atoms. The smallest absolute Gasteiger partial charge is 0.138 e. The minimum atomic E-state index is 0.214. The van der Waals surface area contributed by atoms with Gasteiger partial charge in [0.1, 0.15) is 5.82 Å². The molecule has 2 atom stereocenters. The van der Waals surface area contributed by atoms with Crippen LogP contribution in [0.4, 0.5) is 5.82 Å². The van der Waals surface area contributed by atoms with Gasteiger partial charge in [0.15, 0.2) is 0 Å². The van der Waals surface area contributed by atoms with Crippen LogP contribution >= 0.6 is 0 Å². The molecule has 1 aliphatic rings. The zero-order valence-electron chi connectivity index (χ0n) is 12.1. The molecule has 0 aliphatic carbocycles. The lowest BCUT2D eigenvalue weighted by Crippen LogP contribution is -2.43. The van der Waals surface area contributed by atoms with E-state index in [2.05, 4.69) is 39.8 Å². The van der Waals surface area contributed by atoms with Crippen LogP contribution in [0.25, 0.3) is 10.9 Å². The molecule has 2 aromatic heterocycles. The topological polar surface area (TPSA) is 55.4 Å². The van der Waals surface area contributed by atoms with E-state index in [1.165, 1.54) is 5.39 Å². The third-order valence-corrected chi connectivity index (χ3v) is 4.46. The highest BCUT2D eigenvalue weighted by Crippen LogP contribution is 2.31. The number of nitrogens with zero attached hydrogens (tertiary/aromatic N) is 3. The summed E-state index contributed by atoms with van der Waals surface area (Å²) >= 11 is 0. The molecule has 20 heavy (non-hydrogen) atoms. The van der Waals surface area contributed by atoms with Gasteiger partial charge in [-0.25, -0.2) is 4.98 Å². The lowest BCUT2D eigenvalue weighted by Gasteiger charge is -2.31. The Balaban J connectivity index is 1.87. The number of aromatic amines is 1. The van der Waals surface area contributed by atoms with Crippen molar-refractivity contribution in [2.75, 3.05) is 31.6 Å². The summed E-state index contributed by atoms with van der Waals surface area (Å²) in [4.78, 5) is 12.5. The molecule has 1 aliphatic heterocycles. The second kappa shape index (κ2) is 5.42. The first-order valence-electron chi connectivity index (χ1n) is 7.22. The monoisotopic (exact) mass is 274 g/mol. The van der Waals surface area contributed by atoms with Gasteiger partial charge in [0.25, 0.3) is 0 Å². The van der Waals surface area contributed by atoms with Gasteiger partial charge in [-0.1, -0.05) is 0 Å². The van der Waals surface area contributed by atoms with E-state index in [-0.39, 0.29) is 6.61 Å². The van der Waals surface area contributed by atoms with Crippen molar-refractivity contribution in [1.29, 1.82) is 0 Å². The largest absolute Gasteiger partial charge is 0.395 e. The summed E-state index contributed by atoms with van der Waals surface area (Å²) < 4.78 is 0. The van der Waals surface area contributed by atoms with Gasteiger partial charge in [0, 0.05) is 43.0 Å². The van der Waals surface area contributed by atoms with Crippen LogP contribution in [0.2, 0.25) is 0 Å². The average Bonchev–Trinajstić information content (AvgIpc) is 3.05. The van der Waals surface area contributed by atoms with Crippen molar-refractivity contribution in [2.45, 2.75) is 25.4 Å². The number of rotatable bonds is 4. The molecule has 0 amide bonds. The molecule has 2 N–H and O–H groups in total. The van der Waals surface area contributed by atoms with Crippen LogP contribution in [-0.2, 0) is 0 Å². The second-order valence-electron chi connectivity index (χ2n) is 5.57. The number of H-pyrrole nitrogens is 1. The number of nitrogens with one attached hydrogen (secondary N) is 1. The molecule has 0 unspecified atom stereocenters. The van der Waals surface area contributed by atoms with Gasteiger partial charge in [-0.2, -0.15) is 0 Å². The number of aromatic nitrogens is 2. The summed E-state index contributed by atoms with van der Waals surface area (Å²) in [5.74, 6) is 1.07. The fourth-order valence-electron chi connectivity index (χ4n) is 3.33. The Morgan fingerprint density at radius 3 is 3.15 bits per heavy atom. The first-order chi connectivity index (χ1) is 9.72. The van der Waals surface area contributed by atoms with Crippen LogP contribution in [0.5, 0.6) is 0 Å². The van der Waals surface area contributed by atoms with Gasteiger partial charge < -0.3 is 15.0 Å². The van der Waals surface area contributed by atoms with Crippen LogP contribution in [0, 0.1) is 0 Å². The molecule has 3 rings (SSSR count). The number of likely N-dealkylation sites (N-methyl/N-ethyl adjacent to an activating group) is 1.